The number of phenols is 1. The Hall–Kier alpha value is -2.17. The minimum absolute atomic E-state index is 0.0692. The van der Waals surface area contributed by atoms with E-state index in [2.05, 4.69) is 0 Å². The molecule has 1 aliphatic heterocycles. The predicted octanol–water partition coefficient (Wildman–Crippen LogP) is 0.328. The van der Waals surface area contributed by atoms with E-state index in [1.54, 1.807) is 6.92 Å². The summed E-state index contributed by atoms with van der Waals surface area (Å²) in [4.78, 5) is 12.2. The summed E-state index contributed by atoms with van der Waals surface area (Å²) in [5, 5.41) is 50.0. The third-order valence-corrected chi connectivity index (χ3v) is 5.24. The number of fused-ring (bicyclic) bond motifs is 1. The molecule has 5 atom stereocenters. The highest BCUT2D eigenvalue weighted by atomic mass is 16.7. The number of phenolic OH excluding ortho intramolecular Hbond substituents is 1. The average Bonchev–Trinajstić information content (AvgIpc) is 2.69. The van der Waals surface area contributed by atoms with Crippen molar-refractivity contribution in [2.45, 2.75) is 63.8 Å². The maximum Gasteiger partial charge on any atom is 0.339 e. The van der Waals surface area contributed by atoms with E-state index >= 15 is 0 Å². The van der Waals surface area contributed by atoms with Gasteiger partial charge in [0.25, 0.3) is 0 Å². The Bertz CT molecular complexity index is 920. The molecule has 0 radical (unpaired) electrons. The van der Waals surface area contributed by atoms with E-state index < -0.39 is 42.9 Å². The molecule has 2 heterocycles. The van der Waals surface area contributed by atoms with Crippen molar-refractivity contribution in [3.63, 3.8) is 0 Å². The van der Waals surface area contributed by atoms with Crippen LogP contribution in [0, 0.1) is 6.92 Å². The molecule has 0 spiro atoms. The van der Waals surface area contributed by atoms with E-state index in [1.807, 2.05) is 6.92 Å². The highest BCUT2D eigenvalue weighted by Gasteiger charge is 2.45. The van der Waals surface area contributed by atoms with Crippen LogP contribution in [0.5, 0.6) is 11.5 Å². The minimum atomic E-state index is -1.61. The molecule has 0 amide bonds. The summed E-state index contributed by atoms with van der Waals surface area (Å²) < 4.78 is 16.2. The van der Waals surface area contributed by atoms with Crippen molar-refractivity contribution in [1.29, 1.82) is 0 Å². The molecule has 2 aromatic rings. The number of unbranched alkanes of at least 4 members (excludes halogenated alkanes) is 1. The summed E-state index contributed by atoms with van der Waals surface area (Å²) in [6.45, 7) is 3.20. The number of hydrogen-bond donors (Lipinski definition) is 5. The molecule has 0 saturated carbocycles. The third-order valence-electron chi connectivity index (χ3n) is 5.24. The van der Waals surface area contributed by atoms with Crippen LogP contribution in [-0.4, -0.2) is 62.8 Å². The van der Waals surface area contributed by atoms with Crippen molar-refractivity contribution in [1.82, 2.24) is 0 Å². The molecule has 160 valence electrons. The Balaban J connectivity index is 1.97. The lowest BCUT2D eigenvalue weighted by atomic mass is 9.99. The number of aryl methyl sites for hydroxylation is 1. The normalized spacial score (nSPS) is 27.3. The van der Waals surface area contributed by atoms with E-state index in [1.165, 1.54) is 12.1 Å². The van der Waals surface area contributed by atoms with Crippen molar-refractivity contribution in [3.05, 3.63) is 33.7 Å². The van der Waals surface area contributed by atoms with E-state index in [4.69, 9.17) is 13.9 Å². The Morgan fingerprint density at radius 2 is 1.86 bits per heavy atom. The van der Waals surface area contributed by atoms with Gasteiger partial charge in [-0.15, -0.1) is 0 Å². The smallest absolute Gasteiger partial charge is 0.339 e. The minimum Gasteiger partial charge on any atom is -0.504 e. The van der Waals surface area contributed by atoms with E-state index in [0.717, 1.165) is 12.8 Å². The summed E-state index contributed by atoms with van der Waals surface area (Å²) in [6.07, 6.45) is -5.01. The van der Waals surface area contributed by atoms with Gasteiger partial charge in [0.05, 0.1) is 6.61 Å². The Kier molecular flexibility index (Phi) is 6.45. The van der Waals surface area contributed by atoms with Gasteiger partial charge in [-0.3, -0.25) is 0 Å². The van der Waals surface area contributed by atoms with Gasteiger partial charge in [-0.1, -0.05) is 13.3 Å². The van der Waals surface area contributed by atoms with Crippen LogP contribution in [0.4, 0.5) is 0 Å². The van der Waals surface area contributed by atoms with E-state index in [9.17, 15) is 30.3 Å². The van der Waals surface area contributed by atoms with Crippen LogP contribution < -0.4 is 10.4 Å². The summed E-state index contributed by atoms with van der Waals surface area (Å²) in [7, 11) is 0. The summed E-state index contributed by atoms with van der Waals surface area (Å²) in [6, 6.07) is 2.69. The van der Waals surface area contributed by atoms with Gasteiger partial charge in [0.15, 0.2) is 11.5 Å². The van der Waals surface area contributed by atoms with Gasteiger partial charge in [-0.2, -0.15) is 0 Å². The van der Waals surface area contributed by atoms with Crippen molar-refractivity contribution >= 4 is 11.0 Å². The Labute approximate surface area is 166 Å². The fourth-order valence-corrected chi connectivity index (χ4v) is 3.43. The molecule has 9 nitrogen and oxygen atoms in total. The third kappa shape index (κ3) is 4.10. The maximum atomic E-state index is 12.2. The molecule has 1 aromatic carbocycles. The number of rotatable bonds is 6. The zero-order chi connectivity index (χ0) is 21.3. The summed E-state index contributed by atoms with van der Waals surface area (Å²) in [5.41, 5.74) is 0.976. The Morgan fingerprint density at radius 3 is 2.52 bits per heavy atom. The first-order valence-corrected chi connectivity index (χ1v) is 9.54. The van der Waals surface area contributed by atoms with Gasteiger partial charge in [0.2, 0.25) is 6.29 Å². The van der Waals surface area contributed by atoms with Gasteiger partial charge in [0.1, 0.15) is 30.0 Å². The first-order valence-electron chi connectivity index (χ1n) is 9.54. The fraction of sp³-hybridized carbons (Fsp3) is 0.550. The monoisotopic (exact) mass is 410 g/mol. The van der Waals surface area contributed by atoms with Crippen LogP contribution in [0.2, 0.25) is 0 Å². The fourth-order valence-electron chi connectivity index (χ4n) is 3.43. The molecule has 5 N–H and O–H groups in total. The van der Waals surface area contributed by atoms with Crippen LogP contribution in [0.15, 0.2) is 21.3 Å². The predicted molar refractivity (Wildman–Crippen MR) is 102 cm³/mol. The molecule has 0 unspecified atom stereocenters. The number of aliphatic hydroxyl groups excluding tert-OH is 4. The maximum absolute atomic E-state index is 12.2. The molecular formula is C20H26O9. The molecule has 1 aliphatic rings. The first kappa shape index (κ1) is 21.5. The zero-order valence-corrected chi connectivity index (χ0v) is 16.2. The first-order chi connectivity index (χ1) is 13.8. The molecule has 3 rings (SSSR count). The molecule has 1 fully saturated rings. The van der Waals surface area contributed by atoms with Gasteiger partial charge in [0, 0.05) is 17.0 Å². The standard InChI is InChI=1S/C20H26O9/c1-3-4-5-10-9(2)11-6-14(12(22)7-13(11)27-19(10)26)28-20-18(25)17(24)16(23)15(8-21)29-20/h6-7,15-18,20-25H,3-5,8H2,1-2H3/t15-,16-,17+,18-,20-/m1/s1. The quantitative estimate of drug-likeness (QED) is 0.425. The van der Waals surface area contributed by atoms with Gasteiger partial charge in [-0.05, 0) is 31.4 Å². The molecular weight excluding hydrogens is 384 g/mol. The topological polar surface area (TPSA) is 150 Å². The number of ether oxygens (including phenoxy) is 2. The van der Waals surface area contributed by atoms with Gasteiger partial charge < -0.3 is 39.4 Å². The molecule has 1 saturated heterocycles. The lowest BCUT2D eigenvalue weighted by molar-refractivity contribution is -0.277. The van der Waals surface area contributed by atoms with Gasteiger partial charge >= 0.3 is 5.63 Å². The zero-order valence-electron chi connectivity index (χ0n) is 16.2. The van der Waals surface area contributed by atoms with Crippen LogP contribution in [0.3, 0.4) is 0 Å². The SMILES string of the molecule is CCCCc1c(C)c2cc(O[C@@H]3O[C@H](CO)[C@@H](O)[C@H](O)[C@H]3O)c(O)cc2oc1=O. The van der Waals surface area contributed by atoms with E-state index in [0.29, 0.717) is 22.9 Å². The highest BCUT2D eigenvalue weighted by molar-refractivity contribution is 5.84. The number of aliphatic hydroxyl groups is 4. The van der Waals surface area contributed by atoms with Crippen LogP contribution in [-0.2, 0) is 11.2 Å². The van der Waals surface area contributed by atoms with Crippen molar-refractivity contribution in [2.24, 2.45) is 0 Å². The van der Waals surface area contributed by atoms with Crippen molar-refractivity contribution in [3.8, 4) is 11.5 Å². The lowest BCUT2D eigenvalue weighted by Gasteiger charge is -2.39. The number of hydrogen-bond acceptors (Lipinski definition) is 9. The van der Waals surface area contributed by atoms with Crippen molar-refractivity contribution in [2.75, 3.05) is 6.61 Å². The molecule has 1 aromatic heterocycles. The summed E-state index contributed by atoms with van der Waals surface area (Å²) >= 11 is 0. The van der Waals surface area contributed by atoms with Gasteiger partial charge in [-0.25, -0.2) is 4.79 Å². The van der Waals surface area contributed by atoms with Crippen LogP contribution in [0.25, 0.3) is 11.0 Å². The second kappa shape index (κ2) is 8.68. The number of benzene rings is 1. The molecule has 29 heavy (non-hydrogen) atoms. The second-order valence-corrected chi connectivity index (χ2v) is 7.23. The van der Waals surface area contributed by atoms with E-state index in [-0.39, 0.29) is 17.1 Å². The second-order valence-electron chi connectivity index (χ2n) is 7.23. The Morgan fingerprint density at radius 1 is 1.14 bits per heavy atom. The molecule has 0 bridgehead atoms. The van der Waals surface area contributed by atoms with Crippen LogP contribution in [0.1, 0.15) is 30.9 Å². The molecule has 0 aliphatic carbocycles. The summed E-state index contributed by atoms with van der Waals surface area (Å²) in [5.74, 6) is -0.432. The average molecular weight is 410 g/mol. The highest BCUT2D eigenvalue weighted by Crippen LogP contribution is 2.35. The lowest BCUT2D eigenvalue weighted by Crippen LogP contribution is -2.60. The molecule has 9 heteroatoms. The van der Waals surface area contributed by atoms with Crippen LogP contribution >= 0.6 is 0 Å². The largest absolute Gasteiger partial charge is 0.504 e. The number of aromatic hydroxyl groups is 1. The van der Waals surface area contributed by atoms with Crippen molar-refractivity contribution < 1.29 is 39.4 Å².